The summed E-state index contributed by atoms with van der Waals surface area (Å²) in [4.78, 5) is 31.6. The number of rotatable bonds is 6. The van der Waals surface area contributed by atoms with Crippen molar-refractivity contribution in [3.63, 3.8) is 0 Å². The lowest BCUT2D eigenvalue weighted by Gasteiger charge is -2.07. The summed E-state index contributed by atoms with van der Waals surface area (Å²) < 4.78 is 5.12. The van der Waals surface area contributed by atoms with Crippen molar-refractivity contribution in [2.24, 2.45) is 0 Å². The molecule has 3 rings (SSSR count). The molecule has 0 fully saturated rings. The third-order valence-corrected chi connectivity index (χ3v) is 5.57. The lowest BCUT2D eigenvalue weighted by Crippen LogP contribution is -2.15. The summed E-state index contributed by atoms with van der Waals surface area (Å²) in [6.07, 6.45) is 0. The Hall–Kier alpha value is -2.79. The van der Waals surface area contributed by atoms with Crippen LogP contribution in [0, 0.1) is 11.3 Å². The van der Waals surface area contributed by atoms with Gasteiger partial charge in [-0.05, 0) is 42.5 Å². The van der Waals surface area contributed by atoms with E-state index in [2.05, 4.69) is 9.97 Å². The van der Waals surface area contributed by atoms with Gasteiger partial charge in [-0.25, -0.2) is 4.98 Å². The highest BCUT2D eigenvalue weighted by Crippen LogP contribution is 2.26. The van der Waals surface area contributed by atoms with Gasteiger partial charge >= 0.3 is 0 Å². The van der Waals surface area contributed by atoms with Gasteiger partial charge in [-0.15, -0.1) is 0 Å². The number of Topliss-reactive ketones (excluding diaryl/α,β-unsaturated/α-hetero) is 1. The number of methoxy groups -OCH3 is 1. The average Bonchev–Trinajstić information content (AvgIpc) is 2.73. The quantitative estimate of drug-likeness (QED) is 0.338. The van der Waals surface area contributed by atoms with E-state index < -0.39 is 5.56 Å². The number of H-pyrrole nitrogens is 1. The van der Waals surface area contributed by atoms with Crippen LogP contribution in [0.25, 0.3) is 11.3 Å². The molecule has 29 heavy (non-hydrogen) atoms. The van der Waals surface area contributed by atoms with Gasteiger partial charge in [0, 0.05) is 11.1 Å². The summed E-state index contributed by atoms with van der Waals surface area (Å²) in [5, 5.41) is 10.2. The van der Waals surface area contributed by atoms with Crippen LogP contribution in [0.1, 0.15) is 15.9 Å². The van der Waals surface area contributed by atoms with Gasteiger partial charge in [-0.1, -0.05) is 35.0 Å². The largest absolute Gasteiger partial charge is 0.497 e. The molecule has 0 aliphatic rings. The highest BCUT2D eigenvalue weighted by Gasteiger charge is 2.15. The van der Waals surface area contributed by atoms with Gasteiger partial charge in [0.1, 0.15) is 17.4 Å². The van der Waals surface area contributed by atoms with Crippen molar-refractivity contribution in [3.8, 4) is 23.1 Å². The van der Waals surface area contributed by atoms with Gasteiger partial charge in [0.15, 0.2) is 10.9 Å². The van der Waals surface area contributed by atoms with Crippen molar-refractivity contribution in [1.82, 2.24) is 9.97 Å². The fourth-order valence-electron chi connectivity index (χ4n) is 2.47. The normalized spacial score (nSPS) is 10.4. The van der Waals surface area contributed by atoms with Crippen molar-refractivity contribution in [2.45, 2.75) is 5.16 Å². The van der Waals surface area contributed by atoms with E-state index in [-0.39, 0.29) is 33.0 Å². The van der Waals surface area contributed by atoms with Crippen molar-refractivity contribution >= 4 is 40.7 Å². The molecule has 0 aliphatic carbocycles. The predicted octanol–water partition coefficient (Wildman–Crippen LogP) is 4.60. The number of carbonyl (C=O) groups excluding carboxylic acids is 1. The van der Waals surface area contributed by atoms with Crippen molar-refractivity contribution < 1.29 is 9.53 Å². The predicted molar refractivity (Wildman–Crippen MR) is 113 cm³/mol. The molecule has 2 aromatic carbocycles. The Morgan fingerprint density at radius 1 is 1.21 bits per heavy atom. The summed E-state index contributed by atoms with van der Waals surface area (Å²) in [6.45, 7) is 0. The molecule has 0 atom stereocenters. The van der Waals surface area contributed by atoms with Crippen LogP contribution >= 0.6 is 35.0 Å². The molecule has 0 saturated heterocycles. The van der Waals surface area contributed by atoms with Crippen LogP contribution < -0.4 is 10.3 Å². The lowest BCUT2D eigenvalue weighted by molar-refractivity contribution is 0.102. The summed E-state index contributed by atoms with van der Waals surface area (Å²) in [5.74, 6) is 0.458. The Labute approximate surface area is 180 Å². The van der Waals surface area contributed by atoms with Crippen LogP contribution in [-0.4, -0.2) is 28.6 Å². The fourth-order valence-corrected chi connectivity index (χ4v) is 3.52. The molecule has 0 amide bonds. The Morgan fingerprint density at radius 3 is 2.55 bits per heavy atom. The maximum atomic E-state index is 12.4. The first-order valence-electron chi connectivity index (χ1n) is 8.23. The van der Waals surface area contributed by atoms with Gasteiger partial charge in [-0.2, -0.15) is 5.26 Å². The van der Waals surface area contributed by atoms with E-state index in [1.54, 1.807) is 43.5 Å². The molecule has 1 N–H and O–H groups in total. The molecule has 0 radical (unpaired) electrons. The zero-order valence-corrected chi connectivity index (χ0v) is 17.4. The molecule has 3 aromatic rings. The molecule has 0 saturated carbocycles. The number of ketones is 1. The first kappa shape index (κ1) is 20.9. The number of nitriles is 1. The molecular formula is C20H13Cl2N3O3S. The van der Waals surface area contributed by atoms with E-state index in [1.807, 2.05) is 6.07 Å². The number of nitrogens with one attached hydrogen (secondary N) is 1. The van der Waals surface area contributed by atoms with Crippen LogP contribution in [0.15, 0.2) is 52.4 Å². The van der Waals surface area contributed by atoms with E-state index in [0.717, 1.165) is 11.8 Å². The molecule has 146 valence electrons. The zero-order chi connectivity index (χ0) is 21.0. The fraction of sp³-hybridized carbons (Fsp3) is 0.100. The Morgan fingerprint density at radius 2 is 1.93 bits per heavy atom. The minimum absolute atomic E-state index is 0.0227. The van der Waals surface area contributed by atoms with Gasteiger partial charge in [0.25, 0.3) is 5.56 Å². The molecular weight excluding hydrogens is 433 g/mol. The smallest absolute Gasteiger partial charge is 0.270 e. The van der Waals surface area contributed by atoms with Crippen molar-refractivity contribution in [2.75, 3.05) is 12.9 Å². The topological polar surface area (TPSA) is 95.8 Å². The summed E-state index contributed by atoms with van der Waals surface area (Å²) in [5.41, 5.74) is 0.556. The average molecular weight is 446 g/mol. The molecule has 0 aliphatic heterocycles. The van der Waals surface area contributed by atoms with Crippen molar-refractivity contribution in [3.05, 3.63) is 74.0 Å². The third kappa shape index (κ3) is 4.80. The van der Waals surface area contributed by atoms with E-state index >= 15 is 0 Å². The number of nitrogens with zero attached hydrogens (tertiary/aromatic N) is 2. The van der Waals surface area contributed by atoms with Crippen LogP contribution in [0.3, 0.4) is 0 Å². The minimum Gasteiger partial charge on any atom is -0.497 e. The molecule has 6 nitrogen and oxygen atoms in total. The zero-order valence-electron chi connectivity index (χ0n) is 15.0. The van der Waals surface area contributed by atoms with Crippen LogP contribution in [0.2, 0.25) is 10.0 Å². The summed E-state index contributed by atoms with van der Waals surface area (Å²) >= 11 is 12.9. The second-order valence-corrected chi connectivity index (χ2v) is 7.55. The lowest BCUT2D eigenvalue weighted by atomic mass is 10.1. The van der Waals surface area contributed by atoms with Gasteiger partial charge in [0.05, 0.1) is 28.6 Å². The molecule has 0 unspecified atom stereocenters. The Kier molecular flexibility index (Phi) is 6.60. The summed E-state index contributed by atoms with van der Waals surface area (Å²) in [7, 11) is 1.54. The van der Waals surface area contributed by atoms with E-state index in [1.165, 1.54) is 6.07 Å². The van der Waals surface area contributed by atoms with Gasteiger partial charge in [-0.3, -0.25) is 9.59 Å². The monoisotopic (exact) mass is 445 g/mol. The summed E-state index contributed by atoms with van der Waals surface area (Å²) in [6, 6.07) is 13.3. The molecule has 0 bridgehead atoms. The van der Waals surface area contributed by atoms with Gasteiger partial charge in [0.2, 0.25) is 0 Å². The second kappa shape index (κ2) is 9.14. The first-order chi connectivity index (χ1) is 13.9. The molecule has 9 heteroatoms. The number of hydrogen-bond donors (Lipinski definition) is 1. The van der Waals surface area contributed by atoms with E-state index in [4.69, 9.17) is 27.9 Å². The highest BCUT2D eigenvalue weighted by molar-refractivity contribution is 7.99. The van der Waals surface area contributed by atoms with Crippen LogP contribution in [0.4, 0.5) is 0 Å². The van der Waals surface area contributed by atoms with Crippen molar-refractivity contribution in [1.29, 1.82) is 5.26 Å². The molecule has 0 spiro atoms. The third-order valence-electron chi connectivity index (χ3n) is 3.95. The number of benzene rings is 2. The van der Waals surface area contributed by atoms with E-state index in [0.29, 0.717) is 21.9 Å². The Balaban J connectivity index is 1.87. The maximum Gasteiger partial charge on any atom is 0.270 e. The Bertz CT molecular complexity index is 1170. The standard InChI is InChI=1S/C20H13Cl2N3O3S/c1-28-13-5-2-11(3-6-13)18-14(9-23)19(27)25-20(24-18)29-10-17(26)12-4-7-15(21)16(22)8-12/h2-8H,10H2,1H3,(H,24,25,27). The molecule has 1 heterocycles. The number of aromatic nitrogens is 2. The highest BCUT2D eigenvalue weighted by atomic mass is 35.5. The minimum atomic E-state index is -0.571. The number of carbonyl (C=O) groups is 1. The number of ether oxygens (including phenoxy) is 1. The second-order valence-electron chi connectivity index (χ2n) is 5.78. The number of halogens is 2. The maximum absolute atomic E-state index is 12.4. The SMILES string of the molecule is COc1ccc(-c2nc(SCC(=O)c3ccc(Cl)c(Cl)c3)[nH]c(=O)c2C#N)cc1. The van der Waals surface area contributed by atoms with E-state index in [9.17, 15) is 14.9 Å². The van der Waals surface area contributed by atoms with Gasteiger partial charge < -0.3 is 9.72 Å². The number of hydrogen-bond acceptors (Lipinski definition) is 6. The molecule has 1 aromatic heterocycles. The van der Waals surface area contributed by atoms with Crippen LogP contribution in [0.5, 0.6) is 5.75 Å². The number of thioether (sulfide) groups is 1. The first-order valence-corrected chi connectivity index (χ1v) is 9.97. The van der Waals surface area contributed by atoms with Crippen LogP contribution in [-0.2, 0) is 0 Å². The number of aromatic amines is 1.